The summed E-state index contributed by atoms with van der Waals surface area (Å²) in [6, 6.07) is 3.64. The Labute approximate surface area is 129 Å². The monoisotopic (exact) mass is 320 g/mol. The maximum Gasteiger partial charge on any atom is 0.328 e. The second kappa shape index (κ2) is 7.98. The first-order valence-corrected chi connectivity index (χ1v) is 6.04. The van der Waals surface area contributed by atoms with Crippen molar-refractivity contribution in [3.63, 3.8) is 0 Å². The van der Waals surface area contributed by atoms with Crippen molar-refractivity contribution < 1.29 is 34.5 Å². The highest BCUT2D eigenvalue weighted by Gasteiger charge is 2.05. The second-order valence-corrected chi connectivity index (χ2v) is 4.09. The molecule has 120 valence electrons. The highest BCUT2D eigenvalue weighted by atomic mass is 16.4. The quantitative estimate of drug-likeness (QED) is 0.480. The van der Waals surface area contributed by atoms with Gasteiger partial charge in [-0.25, -0.2) is 9.59 Å². The summed E-state index contributed by atoms with van der Waals surface area (Å²) in [7, 11) is 0. The van der Waals surface area contributed by atoms with Crippen LogP contribution in [0.2, 0.25) is 0 Å². The van der Waals surface area contributed by atoms with E-state index < -0.39 is 23.8 Å². The van der Waals surface area contributed by atoms with E-state index in [9.17, 15) is 24.3 Å². The van der Waals surface area contributed by atoms with Gasteiger partial charge in [0.2, 0.25) is 11.8 Å². The molecule has 0 fully saturated rings. The van der Waals surface area contributed by atoms with Gasteiger partial charge in [-0.3, -0.25) is 9.59 Å². The molecule has 0 heterocycles. The molecule has 1 aromatic carbocycles. The van der Waals surface area contributed by atoms with E-state index in [1.807, 2.05) is 0 Å². The van der Waals surface area contributed by atoms with E-state index in [2.05, 4.69) is 10.6 Å². The van der Waals surface area contributed by atoms with Crippen LogP contribution >= 0.6 is 0 Å². The fraction of sp³-hybridized carbons (Fsp3) is 0. The fourth-order valence-corrected chi connectivity index (χ4v) is 1.42. The van der Waals surface area contributed by atoms with Crippen LogP contribution in [-0.4, -0.2) is 39.1 Å². The van der Waals surface area contributed by atoms with Crippen LogP contribution in [0.4, 0.5) is 11.4 Å². The van der Waals surface area contributed by atoms with Gasteiger partial charge in [0.15, 0.2) is 0 Å². The molecule has 0 aromatic heterocycles. The van der Waals surface area contributed by atoms with Crippen LogP contribution < -0.4 is 10.6 Å². The second-order valence-electron chi connectivity index (χ2n) is 4.09. The molecule has 9 nitrogen and oxygen atoms in total. The number of hydrogen-bond acceptors (Lipinski definition) is 5. The highest BCUT2D eigenvalue weighted by Crippen LogP contribution is 2.23. The van der Waals surface area contributed by atoms with Gasteiger partial charge >= 0.3 is 11.9 Å². The summed E-state index contributed by atoms with van der Waals surface area (Å²) >= 11 is 0. The van der Waals surface area contributed by atoms with Gasteiger partial charge in [0.05, 0.1) is 0 Å². The number of nitrogens with one attached hydrogen (secondary N) is 2. The largest absolute Gasteiger partial charge is 0.508 e. The Morgan fingerprint density at radius 1 is 0.739 bits per heavy atom. The zero-order valence-corrected chi connectivity index (χ0v) is 11.5. The predicted octanol–water partition coefficient (Wildman–Crippen LogP) is 0.551. The number of hydrogen-bond donors (Lipinski definition) is 5. The minimum absolute atomic E-state index is 0.0996. The number of carboxylic acid groups (broad SMARTS) is 2. The van der Waals surface area contributed by atoms with Crippen LogP contribution in [0.15, 0.2) is 42.5 Å². The first kappa shape index (κ1) is 17.4. The SMILES string of the molecule is O=C(O)/C=C\C(=O)Nc1cc(O)cc(NC(=O)/C=C\C(=O)O)c1. The molecule has 23 heavy (non-hydrogen) atoms. The van der Waals surface area contributed by atoms with Crippen LogP contribution in [-0.2, 0) is 19.2 Å². The van der Waals surface area contributed by atoms with Crippen molar-refractivity contribution in [1.82, 2.24) is 0 Å². The molecule has 0 aliphatic heterocycles. The Morgan fingerprint density at radius 2 is 1.13 bits per heavy atom. The summed E-state index contributed by atoms with van der Waals surface area (Å²) in [5, 5.41) is 30.9. The molecule has 9 heteroatoms. The van der Waals surface area contributed by atoms with E-state index >= 15 is 0 Å². The van der Waals surface area contributed by atoms with E-state index in [1.54, 1.807) is 0 Å². The number of carbonyl (C=O) groups is 4. The maximum absolute atomic E-state index is 11.4. The van der Waals surface area contributed by atoms with Gasteiger partial charge in [-0.2, -0.15) is 0 Å². The van der Waals surface area contributed by atoms with Gasteiger partial charge in [0.1, 0.15) is 5.75 Å². The summed E-state index contributed by atoms with van der Waals surface area (Å²) in [6.07, 6.45) is 2.83. The third-order valence-corrected chi connectivity index (χ3v) is 2.21. The zero-order valence-electron chi connectivity index (χ0n) is 11.5. The Bertz CT molecular complexity index is 651. The number of benzene rings is 1. The smallest absolute Gasteiger partial charge is 0.328 e. The molecular weight excluding hydrogens is 308 g/mol. The number of anilines is 2. The third kappa shape index (κ3) is 7.09. The summed E-state index contributed by atoms with van der Waals surface area (Å²) in [5.74, 6) is -4.37. The highest BCUT2D eigenvalue weighted by molar-refractivity contribution is 6.04. The molecule has 0 spiro atoms. The molecular formula is C14H12N2O7. The topological polar surface area (TPSA) is 153 Å². The van der Waals surface area contributed by atoms with Crippen molar-refractivity contribution in [3.05, 3.63) is 42.5 Å². The lowest BCUT2D eigenvalue weighted by molar-refractivity contribution is -0.132. The molecule has 0 radical (unpaired) electrons. The van der Waals surface area contributed by atoms with Crippen molar-refractivity contribution in [3.8, 4) is 5.75 Å². The van der Waals surface area contributed by atoms with Gasteiger partial charge in [-0.1, -0.05) is 0 Å². The number of carbonyl (C=O) groups excluding carboxylic acids is 2. The molecule has 5 N–H and O–H groups in total. The van der Waals surface area contributed by atoms with Crippen LogP contribution in [0.25, 0.3) is 0 Å². The first-order valence-electron chi connectivity index (χ1n) is 6.04. The summed E-state index contributed by atoms with van der Waals surface area (Å²) in [5.41, 5.74) is 0.199. The van der Waals surface area contributed by atoms with Crippen molar-refractivity contribution in [2.45, 2.75) is 0 Å². The van der Waals surface area contributed by atoms with Crippen molar-refractivity contribution in [2.24, 2.45) is 0 Å². The maximum atomic E-state index is 11.4. The van der Waals surface area contributed by atoms with Crippen LogP contribution in [0.5, 0.6) is 5.75 Å². The number of phenols is 1. The number of aliphatic carboxylic acids is 2. The van der Waals surface area contributed by atoms with Crippen molar-refractivity contribution in [1.29, 1.82) is 0 Å². The van der Waals surface area contributed by atoms with E-state index in [-0.39, 0.29) is 17.1 Å². The van der Waals surface area contributed by atoms with Gasteiger partial charge in [0.25, 0.3) is 0 Å². The number of aromatic hydroxyl groups is 1. The zero-order chi connectivity index (χ0) is 17.4. The lowest BCUT2D eigenvalue weighted by atomic mass is 10.2. The summed E-state index contributed by atoms with van der Waals surface area (Å²) < 4.78 is 0. The molecule has 0 aliphatic rings. The number of phenolic OH excluding ortho intramolecular Hbond substituents is 1. The third-order valence-electron chi connectivity index (χ3n) is 2.21. The number of rotatable bonds is 6. The van der Waals surface area contributed by atoms with Crippen LogP contribution in [0, 0.1) is 0 Å². The molecule has 0 saturated heterocycles. The molecule has 0 atom stereocenters. The minimum atomic E-state index is -1.30. The predicted molar refractivity (Wildman–Crippen MR) is 78.9 cm³/mol. The molecule has 2 amide bonds. The standard InChI is InChI=1S/C14H12N2O7/c17-10-6-8(15-11(18)1-3-13(20)21)5-9(7-10)16-12(19)2-4-14(22)23/h1-7,17H,(H,15,18)(H,16,19)(H,20,21)(H,22,23)/b3-1-,4-2-. The molecule has 0 bridgehead atoms. The molecule has 0 aliphatic carbocycles. The van der Waals surface area contributed by atoms with E-state index in [0.29, 0.717) is 12.2 Å². The van der Waals surface area contributed by atoms with E-state index in [0.717, 1.165) is 12.2 Å². The lowest BCUT2D eigenvalue weighted by Crippen LogP contribution is -2.11. The summed E-state index contributed by atoms with van der Waals surface area (Å²) in [4.78, 5) is 43.5. The molecule has 0 saturated carbocycles. The Hall–Kier alpha value is -3.62. The van der Waals surface area contributed by atoms with Gasteiger partial charge in [0, 0.05) is 47.8 Å². The van der Waals surface area contributed by atoms with Crippen LogP contribution in [0.1, 0.15) is 0 Å². The number of amides is 2. The van der Waals surface area contributed by atoms with Gasteiger partial charge in [-0.05, 0) is 6.07 Å². The average molecular weight is 320 g/mol. The summed E-state index contributed by atoms with van der Waals surface area (Å²) in [6.45, 7) is 0. The van der Waals surface area contributed by atoms with Gasteiger partial charge in [-0.15, -0.1) is 0 Å². The molecule has 0 unspecified atom stereocenters. The Balaban J connectivity index is 2.83. The lowest BCUT2D eigenvalue weighted by Gasteiger charge is -2.07. The first-order chi connectivity index (χ1) is 10.8. The van der Waals surface area contributed by atoms with E-state index in [1.165, 1.54) is 18.2 Å². The average Bonchev–Trinajstić information content (AvgIpc) is 2.42. The Morgan fingerprint density at radius 3 is 1.48 bits per heavy atom. The van der Waals surface area contributed by atoms with Crippen molar-refractivity contribution >= 4 is 35.1 Å². The van der Waals surface area contributed by atoms with E-state index in [4.69, 9.17) is 10.2 Å². The Kier molecular flexibility index (Phi) is 6.05. The minimum Gasteiger partial charge on any atom is -0.508 e. The molecule has 1 rings (SSSR count). The fourth-order valence-electron chi connectivity index (χ4n) is 1.42. The van der Waals surface area contributed by atoms with Crippen molar-refractivity contribution in [2.75, 3.05) is 10.6 Å². The van der Waals surface area contributed by atoms with Gasteiger partial charge < -0.3 is 26.0 Å². The molecule has 1 aromatic rings. The van der Waals surface area contributed by atoms with Crippen LogP contribution in [0.3, 0.4) is 0 Å². The number of carboxylic acids is 2. The normalized spacial score (nSPS) is 10.6.